The summed E-state index contributed by atoms with van der Waals surface area (Å²) in [6.07, 6.45) is 0. The zero-order valence-electron chi connectivity index (χ0n) is 12.0. The first-order chi connectivity index (χ1) is 11.8. The van der Waals surface area contributed by atoms with Gasteiger partial charge in [0.15, 0.2) is 17.3 Å². The highest BCUT2D eigenvalue weighted by molar-refractivity contribution is 6.35. The molecule has 0 aromatic heterocycles. The molecule has 0 unspecified atom stereocenters. The van der Waals surface area contributed by atoms with Crippen LogP contribution in [-0.4, -0.2) is 27.8 Å². The Kier molecular flexibility index (Phi) is 3.52. The number of carboxylic acids is 1. The summed E-state index contributed by atoms with van der Waals surface area (Å²) in [4.78, 5) is 45.7. The average molecular weight is 348 g/mol. The first kappa shape index (κ1) is 16.2. The first-order valence-corrected chi connectivity index (χ1v) is 6.63. The summed E-state index contributed by atoms with van der Waals surface area (Å²) >= 11 is 0. The van der Waals surface area contributed by atoms with E-state index in [-0.39, 0.29) is 22.1 Å². The van der Waals surface area contributed by atoms with E-state index >= 15 is 0 Å². The van der Waals surface area contributed by atoms with Crippen molar-refractivity contribution in [3.05, 3.63) is 68.8 Å². The summed E-state index contributed by atoms with van der Waals surface area (Å²) in [6, 6.07) is 5.61. The van der Waals surface area contributed by atoms with Crippen molar-refractivity contribution in [2.45, 2.75) is 0 Å². The number of aromatic carboxylic acids is 1. The normalized spacial score (nSPS) is 13.1. The summed E-state index contributed by atoms with van der Waals surface area (Å²) in [5.74, 6) is -7.98. The lowest BCUT2D eigenvalue weighted by molar-refractivity contribution is -0.384. The maximum atomic E-state index is 14.4. The second kappa shape index (κ2) is 5.44. The van der Waals surface area contributed by atoms with Gasteiger partial charge in [0.2, 0.25) is 0 Å². The molecule has 1 aliphatic heterocycles. The van der Waals surface area contributed by atoms with Gasteiger partial charge in [-0.25, -0.2) is 18.5 Å². The maximum Gasteiger partial charge on any atom is 0.339 e. The van der Waals surface area contributed by atoms with Crippen LogP contribution in [0, 0.1) is 21.7 Å². The van der Waals surface area contributed by atoms with Crippen LogP contribution in [-0.2, 0) is 0 Å². The lowest BCUT2D eigenvalue weighted by Gasteiger charge is -2.16. The number of carboxylic acid groups (broad SMARTS) is 1. The van der Waals surface area contributed by atoms with E-state index in [4.69, 9.17) is 5.11 Å². The van der Waals surface area contributed by atoms with Crippen molar-refractivity contribution in [1.82, 2.24) is 0 Å². The number of hydrogen-bond acceptors (Lipinski definition) is 5. The van der Waals surface area contributed by atoms with Crippen molar-refractivity contribution >= 4 is 29.2 Å². The molecule has 1 N–H and O–H groups in total. The van der Waals surface area contributed by atoms with Gasteiger partial charge >= 0.3 is 5.97 Å². The number of nitrogens with zero attached hydrogens (tertiary/aromatic N) is 2. The third kappa shape index (κ3) is 2.23. The first-order valence-electron chi connectivity index (χ1n) is 6.63. The third-order valence-corrected chi connectivity index (χ3v) is 3.61. The fourth-order valence-corrected chi connectivity index (χ4v) is 2.50. The number of halogens is 2. The van der Waals surface area contributed by atoms with Crippen LogP contribution in [0.5, 0.6) is 0 Å². The highest BCUT2D eigenvalue weighted by Crippen LogP contribution is 2.39. The number of rotatable bonds is 3. The van der Waals surface area contributed by atoms with Crippen LogP contribution in [0.4, 0.5) is 20.2 Å². The molecule has 126 valence electrons. The van der Waals surface area contributed by atoms with Gasteiger partial charge in [0, 0.05) is 6.07 Å². The van der Waals surface area contributed by atoms with Gasteiger partial charge in [-0.2, -0.15) is 0 Å². The molecule has 0 saturated carbocycles. The van der Waals surface area contributed by atoms with Crippen LogP contribution < -0.4 is 4.90 Å². The Morgan fingerprint density at radius 3 is 2.04 bits per heavy atom. The molecule has 1 aliphatic rings. The number of amides is 2. The minimum Gasteiger partial charge on any atom is -0.478 e. The van der Waals surface area contributed by atoms with E-state index in [1.54, 1.807) is 0 Å². The Balaban J connectivity index is 2.30. The zero-order chi connectivity index (χ0) is 18.5. The lowest BCUT2D eigenvalue weighted by Crippen LogP contribution is -2.31. The summed E-state index contributed by atoms with van der Waals surface area (Å²) in [7, 11) is 0. The van der Waals surface area contributed by atoms with Gasteiger partial charge in [-0.1, -0.05) is 12.1 Å². The number of anilines is 1. The predicted octanol–water partition coefficient (Wildman–Crippen LogP) is 2.37. The number of carbonyl (C=O) groups is 3. The Hall–Kier alpha value is -3.69. The van der Waals surface area contributed by atoms with Gasteiger partial charge in [0.25, 0.3) is 17.5 Å². The summed E-state index contributed by atoms with van der Waals surface area (Å²) in [6.45, 7) is 0. The van der Waals surface area contributed by atoms with Crippen molar-refractivity contribution in [2.75, 3.05) is 4.90 Å². The summed E-state index contributed by atoms with van der Waals surface area (Å²) in [5, 5.41) is 20.0. The zero-order valence-corrected chi connectivity index (χ0v) is 12.0. The van der Waals surface area contributed by atoms with Crippen molar-refractivity contribution in [3.63, 3.8) is 0 Å². The molecule has 0 radical (unpaired) electrons. The molecule has 0 saturated heterocycles. The maximum absolute atomic E-state index is 14.4. The van der Waals surface area contributed by atoms with E-state index in [2.05, 4.69) is 0 Å². The van der Waals surface area contributed by atoms with Gasteiger partial charge in [-0.05, 0) is 12.1 Å². The lowest BCUT2D eigenvalue weighted by atomic mass is 10.1. The third-order valence-electron chi connectivity index (χ3n) is 3.61. The van der Waals surface area contributed by atoms with Gasteiger partial charge in [0.1, 0.15) is 5.56 Å². The second-order valence-corrected chi connectivity index (χ2v) is 4.97. The molecule has 0 spiro atoms. The molecular formula is C15H6F2N2O6. The van der Waals surface area contributed by atoms with Crippen LogP contribution in [0.25, 0.3) is 0 Å². The molecule has 3 rings (SSSR count). The van der Waals surface area contributed by atoms with E-state index in [0.29, 0.717) is 0 Å². The highest BCUT2D eigenvalue weighted by Gasteiger charge is 2.43. The number of hydrogen-bond donors (Lipinski definition) is 1. The van der Waals surface area contributed by atoms with Gasteiger partial charge in [-0.15, -0.1) is 0 Å². The molecular weight excluding hydrogens is 342 g/mol. The summed E-state index contributed by atoms with van der Waals surface area (Å²) < 4.78 is 28.3. The van der Waals surface area contributed by atoms with E-state index in [9.17, 15) is 33.3 Å². The van der Waals surface area contributed by atoms with E-state index in [1.165, 1.54) is 24.3 Å². The van der Waals surface area contributed by atoms with E-state index in [0.717, 1.165) is 0 Å². The summed E-state index contributed by atoms with van der Waals surface area (Å²) in [5.41, 5.74) is -4.01. The molecule has 1 heterocycles. The Bertz CT molecular complexity index is 953. The van der Waals surface area contributed by atoms with Crippen molar-refractivity contribution in [1.29, 1.82) is 0 Å². The topological polar surface area (TPSA) is 118 Å². The molecule has 0 fully saturated rings. The largest absolute Gasteiger partial charge is 0.478 e. The van der Waals surface area contributed by atoms with Crippen LogP contribution in [0.1, 0.15) is 31.1 Å². The molecule has 2 aromatic rings. The molecule has 10 heteroatoms. The highest BCUT2D eigenvalue weighted by atomic mass is 19.2. The molecule has 0 atom stereocenters. The van der Waals surface area contributed by atoms with Crippen molar-refractivity contribution in [3.8, 4) is 0 Å². The van der Waals surface area contributed by atoms with Crippen LogP contribution in [0.15, 0.2) is 30.3 Å². The average Bonchev–Trinajstić information content (AvgIpc) is 2.81. The van der Waals surface area contributed by atoms with E-state index < -0.39 is 51.3 Å². The predicted molar refractivity (Wildman–Crippen MR) is 77.6 cm³/mol. The molecule has 25 heavy (non-hydrogen) atoms. The van der Waals surface area contributed by atoms with Gasteiger partial charge in [-0.3, -0.25) is 19.7 Å². The Morgan fingerprint density at radius 1 is 1.08 bits per heavy atom. The monoisotopic (exact) mass is 348 g/mol. The SMILES string of the molecule is O=C(O)c1cc([N+](=O)[O-])c(N2C(=O)c3ccccc3C2=O)c(F)c1F. The fraction of sp³-hybridized carbons (Fsp3) is 0. The molecule has 8 nitrogen and oxygen atoms in total. The minimum absolute atomic E-state index is 0.132. The fourth-order valence-electron chi connectivity index (χ4n) is 2.50. The smallest absolute Gasteiger partial charge is 0.339 e. The number of nitro benzene ring substituents is 1. The van der Waals surface area contributed by atoms with Crippen molar-refractivity contribution < 1.29 is 33.2 Å². The molecule has 0 bridgehead atoms. The van der Waals surface area contributed by atoms with Gasteiger partial charge < -0.3 is 5.11 Å². The van der Waals surface area contributed by atoms with Crippen LogP contribution in [0.3, 0.4) is 0 Å². The van der Waals surface area contributed by atoms with Crippen LogP contribution in [0.2, 0.25) is 0 Å². The number of fused-ring (bicyclic) bond motifs is 1. The standard InChI is InChI=1S/C15H6F2N2O6/c16-10-8(15(22)23)5-9(19(24)25)12(11(10)17)18-13(20)6-3-1-2-4-7(6)14(18)21/h1-5H,(H,22,23). The quantitative estimate of drug-likeness (QED) is 0.517. The van der Waals surface area contributed by atoms with Gasteiger partial charge in [0.05, 0.1) is 16.1 Å². The van der Waals surface area contributed by atoms with E-state index in [1.807, 2.05) is 0 Å². The number of nitro groups is 1. The minimum atomic E-state index is -1.97. The Labute approximate surface area is 137 Å². The molecule has 0 aliphatic carbocycles. The van der Waals surface area contributed by atoms with Crippen molar-refractivity contribution in [2.24, 2.45) is 0 Å². The van der Waals surface area contributed by atoms with Crippen LogP contribution >= 0.6 is 0 Å². The molecule has 2 amide bonds. The molecule has 2 aromatic carbocycles. The number of imide groups is 1. The second-order valence-electron chi connectivity index (χ2n) is 4.97. The number of carbonyl (C=O) groups excluding carboxylic acids is 2. The number of benzene rings is 2. The Morgan fingerprint density at radius 2 is 1.60 bits per heavy atom.